The van der Waals surface area contributed by atoms with Crippen LogP contribution in [0.4, 0.5) is 5.82 Å². The van der Waals surface area contributed by atoms with Crippen LogP contribution < -0.4 is 10.9 Å². The van der Waals surface area contributed by atoms with Crippen LogP contribution >= 0.6 is 0 Å². The summed E-state index contributed by atoms with van der Waals surface area (Å²) in [5.74, 6) is 0.821. The lowest BCUT2D eigenvalue weighted by Gasteiger charge is -2.10. The Bertz CT molecular complexity index is 1220. The minimum absolute atomic E-state index is 0.215. The molecule has 0 aliphatic heterocycles. The van der Waals surface area contributed by atoms with Gasteiger partial charge in [0.05, 0.1) is 6.26 Å². The van der Waals surface area contributed by atoms with Crippen molar-refractivity contribution in [2.75, 3.05) is 5.32 Å². The van der Waals surface area contributed by atoms with Gasteiger partial charge in [-0.1, -0.05) is 25.1 Å². The zero-order valence-electron chi connectivity index (χ0n) is 16.0. The van der Waals surface area contributed by atoms with Crippen molar-refractivity contribution in [3.05, 3.63) is 82.0 Å². The molecule has 1 amide bonds. The summed E-state index contributed by atoms with van der Waals surface area (Å²) >= 11 is 0. The predicted molar refractivity (Wildman–Crippen MR) is 108 cm³/mol. The molecule has 1 aromatic carbocycles. The molecule has 0 radical (unpaired) electrons. The molecule has 0 saturated carbocycles. The van der Waals surface area contributed by atoms with Gasteiger partial charge in [-0.05, 0) is 37.1 Å². The standard InChI is InChI=1S/C21H19N5O3/c1-3-14-11-19(27)24-21(22-14)26-18(12-16(25-26)17-9-6-10-29-17)23-20(28)15-8-5-4-7-13(15)2/h4-12H,3H2,1-2H3,(H,23,28)(H,22,24,27). The van der Waals surface area contributed by atoms with Crippen LogP contribution in [-0.2, 0) is 6.42 Å². The molecule has 0 unspecified atom stereocenters. The van der Waals surface area contributed by atoms with Crippen molar-refractivity contribution in [2.45, 2.75) is 20.3 Å². The highest BCUT2D eigenvalue weighted by molar-refractivity contribution is 6.05. The van der Waals surface area contributed by atoms with Gasteiger partial charge < -0.3 is 9.73 Å². The van der Waals surface area contributed by atoms with Crippen molar-refractivity contribution >= 4 is 11.7 Å². The second-order valence-corrected chi connectivity index (χ2v) is 6.49. The van der Waals surface area contributed by atoms with Crippen molar-refractivity contribution in [3.8, 4) is 17.4 Å². The second-order valence-electron chi connectivity index (χ2n) is 6.49. The van der Waals surface area contributed by atoms with Crippen LogP contribution in [0.1, 0.15) is 28.5 Å². The summed E-state index contributed by atoms with van der Waals surface area (Å²) in [6.07, 6.45) is 2.13. The van der Waals surface area contributed by atoms with Crippen LogP contribution in [-0.4, -0.2) is 25.7 Å². The minimum Gasteiger partial charge on any atom is -0.463 e. The summed E-state index contributed by atoms with van der Waals surface area (Å²) in [7, 11) is 0. The van der Waals surface area contributed by atoms with Crippen LogP contribution in [0.2, 0.25) is 0 Å². The summed E-state index contributed by atoms with van der Waals surface area (Å²) in [4.78, 5) is 32.0. The number of aromatic nitrogens is 4. The number of aromatic amines is 1. The normalized spacial score (nSPS) is 10.8. The second kappa shape index (κ2) is 7.59. The van der Waals surface area contributed by atoms with Gasteiger partial charge in [-0.2, -0.15) is 9.78 Å². The van der Waals surface area contributed by atoms with E-state index in [1.807, 2.05) is 26.0 Å². The first-order valence-corrected chi connectivity index (χ1v) is 9.16. The third-order valence-electron chi connectivity index (χ3n) is 4.46. The molecule has 0 atom stereocenters. The van der Waals surface area contributed by atoms with Gasteiger partial charge in [-0.3, -0.25) is 14.6 Å². The lowest BCUT2D eigenvalue weighted by atomic mass is 10.1. The molecule has 29 heavy (non-hydrogen) atoms. The quantitative estimate of drug-likeness (QED) is 0.545. The Morgan fingerprint density at radius 2 is 2.03 bits per heavy atom. The molecule has 0 fully saturated rings. The third kappa shape index (κ3) is 3.73. The zero-order chi connectivity index (χ0) is 20.4. The average Bonchev–Trinajstić information content (AvgIpc) is 3.37. The topological polar surface area (TPSA) is 106 Å². The number of nitrogens with zero attached hydrogens (tertiary/aromatic N) is 3. The number of aryl methyl sites for hydroxylation is 2. The fraction of sp³-hybridized carbons (Fsp3) is 0.143. The number of anilines is 1. The van der Waals surface area contributed by atoms with E-state index < -0.39 is 0 Å². The number of carbonyl (C=O) groups excluding carboxylic acids is 1. The molecular weight excluding hydrogens is 370 g/mol. The van der Waals surface area contributed by atoms with E-state index in [-0.39, 0.29) is 17.4 Å². The van der Waals surface area contributed by atoms with Crippen molar-refractivity contribution in [1.29, 1.82) is 0 Å². The van der Waals surface area contributed by atoms with E-state index in [4.69, 9.17) is 4.42 Å². The van der Waals surface area contributed by atoms with Gasteiger partial charge in [0, 0.05) is 23.4 Å². The molecule has 3 aromatic heterocycles. The highest BCUT2D eigenvalue weighted by Gasteiger charge is 2.18. The van der Waals surface area contributed by atoms with Gasteiger partial charge in [0.2, 0.25) is 5.95 Å². The maximum absolute atomic E-state index is 12.8. The number of nitrogens with one attached hydrogen (secondary N) is 2. The fourth-order valence-corrected chi connectivity index (χ4v) is 2.96. The Hall–Kier alpha value is -3.94. The SMILES string of the molecule is CCc1cc(=O)[nH]c(-n2nc(-c3ccco3)cc2NC(=O)c2ccccc2C)n1. The van der Waals surface area contributed by atoms with E-state index in [9.17, 15) is 9.59 Å². The Kier molecular flexibility index (Phi) is 4.82. The van der Waals surface area contributed by atoms with Gasteiger partial charge in [-0.25, -0.2) is 4.98 Å². The molecule has 0 aliphatic carbocycles. The molecule has 0 saturated heterocycles. The maximum atomic E-state index is 12.8. The summed E-state index contributed by atoms with van der Waals surface area (Å²) in [6, 6.07) is 13.9. The van der Waals surface area contributed by atoms with Crippen molar-refractivity contribution in [2.24, 2.45) is 0 Å². The van der Waals surface area contributed by atoms with E-state index in [0.717, 1.165) is 5.56 Å². The number of hydrogen-bond acceptors (Lipinski definition) is 5. The summed E-state index contributed by atoms with van der Waals surface area (Å²) in [5.41, 5.74) is 2.22. The lowest BCUT2D eigenvalue weighted by Crippen LogP contribution is -2.19. The van der Waals surface area contributed by atoms with E-state index in [2.05, 4.69) is 20.4 Å². The summed E-state index contributed by atoms with van der Waals surface area (Å²) < 4.78 is 6.82. The van der Waals surface area contributed by atoms with Gasteiger partial charge in [0.1, 0.15) is 11.5 Å². The number of furan rings is 1. The minimum atomic E-state index is -0.293. The van der Waals surface area contributed by atoms with Gasteiger partial charge >= 0.3 is 0 Å². The van der Waals surface area contributed by atoms with Crippen molar-refractivity contribution < 1.29 is 9.21 Å². The van der Waals surface area contributed by atoms with Crippen molar-refractivity contribution in [3.63, 3.8) is 0 Å². The molecule has 2 N–H and O–H groups in total. The van der Waals surface area contributed by atoms with Gasteiger partial charge in [-0.15, -0.1) is 0 Å². The Morgan fingerprint density at radius 3 is 2.76 bits per heavy atom. The smallest absolute Gasteiger partial charge is 0.257 e. The molecule has 4 aromatic rings. The van der Waals surface area contributed by atoms with E-state index in [1.54, 1.807) is 30.3 Å². The molecular formula is C21H19N5O3. The molecule has 146 valence electrons. The number of carbonyl (C=O) groups is 1. The van der Waals surface area contributed by atoms with E-state index in [1.165, 1.54) is 17.0 Å². The number of amides is 1. The van der Waals surface area contributed by atoms with Crippen LogP contribution in [0, 0.1) is 6.92 Å². The zero-order valence-corrected chi connectivity index (χ0v) is 16.0. The average molecular weight is 389 g/mol. The molecule has 4 rings (SSSR count). The molecule has 0 spiro atoms. The largest absolute Gasteiger partial charge is 0.463 e. The third-order valence-corrected chi connectivity index (χ3v) is 4.46. The van der Waals surface area contributed by atoms with Crippen molar-refractivity contribution in [1.82, 2.24) is 19.7 Å². The van der Waals surface area contributed by atoms with Crippen LogP contribution in [0.5, 0.6) is 0 Å². The number of benzene rings is 1. The van der Waals surface area contributed by atoms with Crippen LogP contribution in [0.25, 0.3) is 17.4 Å². The van der Waals surface area contributed by atoms with Gasteiger partial charge in [0.25, 0.3) is 11.5 Å². The first-order valence-electron chi connectivity index (χ1n) is 9.16. The summed E-state index contributed by atoms with van der Waals surface area (Å²) in [6.45, 7) is 3.77. The van der Waals surface area contributed by atoms with E-state index >= 15 is 0 Å². The number of hydrogen-bond donors (Lipinski definition) is 2. The highest BCUT2D eigenvalue weighted by atomic mass is 16.3. The highest BCUT2D eigenvalue weighted by Crippen LogP contribution is 2.24. The Morgan fingerprint density at radius 1 is 1.21 bits per heavy atom. The Labute approximate surface area is 166 Å². The van der Waals surface area contributed by atoms with Crippen LogP contribution in [0.3, 0.4) is 0 Å². The fourth-order valence-electron chi connectivity index (χ4n) is 2.96. The molecule has 3 heterocycles. The van der Waals surface area contributed by atoms with E-state index in [0.29, 0.717) is 35.0 Å². The van der Waals surface area contributed by atoms with Crippen LogP contribution in [0.15, 0.2) is 64.0 Å². The molecule has 8 heteroatoms. The van der Waals surface area contributed by atoms with Gasteiger partial charge in [0.15, 0.2) is 5.76 Å². The number of rotatable bonds is 5. The summed E-state index contributed by atoms with van der Waals surface area (Å²) in [5, 5.41) is 7.35. The number of H-pyrrole nitrogens is 1. The first-order chi connectivity index (χ1) is 14.0. The first kappa shape index (κ1) is 18.4. The lowest BCUT2D eigenvalue weighted by molar-refractivity contribution is 0.102. The maximum Gasteiger partial charge on any atom is 0.257 e. The molecule has 8 nitrogen and oxygen atoms in total. The molecule has 0 bridgehead atoms. The predicted octanol–water partition coefficient (Wildman–Crippen LogP) is 3.34. The Balaban J connectivity index is 1.80. The molecule has 0 aliphatic rings. The monoisotopic (exact) mass is 389 g/mol.